The number of pyridine rings is 1. The lowest BCUT2D eigenvalue weighted by molar-refractivity contribution is 0.0796. The molecule has 3 aromatic rings. The molecule has 5 heteroatoms. The van der Waals surface area contributed by atoms with Gasteiger partial charge in [0, 0.05) is 37.5 Å². The third kappa shape index (κ3) is 3.40. The van der Waals surface area contributed by atoms with Gasteiger partial charge in [-0.15, -0.1) is 0 Å². The second-order valence-electron chi connectivity index (χ2n) is 5.90. The Balaban J connectivity index is 1.76. The van der Waals surface area contributed by atoms with E-state index < -0.39 is 0 Å². The molecule has 1 amide bonds. The van der Waals surface area contributed by atoms with Gasteiger partial charge in [0.1, 0.15) is 0 Å². The molecule has 2 heterocycles. The predicted octanol–water partition coefficient (Wildman–Crippen LogP) is 2.96. The molecule has 122 valence electrons. The fraction of sp³-hybridized carbons (Fsp3) is 0.263. The van der Waals surface area contributed by atoms with E-state index in [1.807, 2.05) is 57.3 Å². The summed E-state index contributed by atoms with van der Waals surface area (Å²) >= 11 is 0. The monoisotopic (exact) mass is 320 g/mol. The quantitative estimate of drug-likeness (QED) is 0.741. The number of likely N-dealkylation sites (N-methyl/N-ethyl adjacent to an activating group) is 1. The first kappa shape index (κ1) is 16.1. The minimum absolute atomic E-state index is 0.0205. The summed E-state index contributed by atoms with van der Waals surface area (Å²) in [5.74, 6) is -0.0205. The molecule has 0 N–H and O–H groups in total. The maximum Gasteiger partial charge on any atom is 0.253 e. The van der Waals surface area contributed by atoms with Crippen LogP contribution in [0.2, 0.25) is 0 Å². The number of carbonyl (C=O) groups excluding carboxylic acids is 1. The minimum atomic E-state index is -0.0205. The van der Waals surface area contributed by atoms with Crippen LogP contribution in [0.5, 0.6) is 0 Å². The topological polar surface area (TPSA) is 59.0 Å². The number of fused-ring (bicyclic) bond motifs is 1. The molecule has 0 aliphatic heterocycles. The Labute approximate surface area is 141 Å². The number of hydrogen-bond acceptors (Lipinski definition) is 4. The molecule has 0 aliphatic rings. The molecule has 0 saturated heterocycles. The largest absolute Gasteiger partial charge is 0.341 e. The van der Waals surface area contributed by atoms with Crippen LogP contribution < -0.4 is 0 Å². The van der Waals surface area contributed by atoms with Crippen molar-refractivity contribution < 1.29 is 4.79 Å². The van der Waals surface area contributed by atoms with E-state index in [2.05, 4.69) is 15.0 Å². The number of amides is 1. The van der Waals surface area contributed by atoms with Crippen molar-refractivity contribution in [3.05, 3.63) is 65.2 Å². The molecule has 0 radical (unpaired) electrons. The second-order valence-corrected chi connectivity index (χ2v) is 5.90. The summed E-state index contributed by atoms with van der Waals surface area (Å²) < 4.78 is 0. The third-order valence-electron chi connectivity index (χ3n) is 4.10. The molecular formula is C19H20N4O. The van der Waals surface area contributed by atoms with Gasteiger partial charge in [-0.1, -0.05) is 6.07 Å². The van der Waals surface area contributed by atoms with E-state index in [9.17, 15) is 4.79 Å². The van der Waals surface area contributed by atoms with Crippen molar-refractivity contribution in [3.63, 3.8) is 0 Å². The van der Waals surface area contributed by atoms with Crippen LogP contribution in [0.15, 0.2) is 42.6 Å². The van der Waals surface area contributed by atoms with Crippen LogP contribution in [0.3, 0.4) is 0 Å². The van der Waals surface area contributed by atoms with E-state index in [0.717, 1.165) is 34.5 Å². The highest BCUT2D eigenvalue weighted by Gasteiger charge is 2.13. The van der Waals surface area contributed by atoms with Gasteiger partial charge in [0.25, 0.3) is 5.91 Å². The van der Waals surface area contributed by atoms with Crippen molar-refractivity contribution in [1.29, 1.82) is 0 Å². The summed E-state index contributed by atoms with van der Waals surface area (Å²) in [7, 11) is 1.81. The molecule has 1 aromatic carbocycles. The van der Waals surface area contributed by atoms with Crippen LogP contribution in [-0.4, -0.2) is 39.4 Å². The lowest BCUT2D eigenvalue weighted by Crippen LogP contribution is -2.29. The van der Waals surface area contributed by atoms with Crippen molar-refractivity contribution in [2.24, 2.45) is 0 Å². The number of rotatable bonds is 4. The Morgan fingerprint density at radius 2 is 1.79 bits per heavy atom. The molecule has 0 bridgehead atoms. The van der Waals surface area contributed by atoms with Crippen molar-refractivity contribution in [3.8, 4) is 0 Å². The van der Waals surface area contributed by atoms with Crippen molar-refractivity contribution >= 4 is 16.9 Å². The number of carbonyl (C=O) groups is 1. The van der Waals surface area contributed by atoms with E-state index in [1.165, 1.54) is 0 Å². The van der Waals surface area contributed by atoms with Gasteiger partial charge in [-0.2, -0.15) is 0 Å². The van der Waals surface area contributed by atoms with E-state index in [0.29, 0.717) is 12.1 Å². The summed E-state index contributed by atoms with van der Waals surface area (Å²) in [5, 5.41) is 0. The highest BCUT2D eigenvalue weighted by Crippen LogP contribution is 2.15. The molecule has 0 saturated carbocycles. The van der Waals surface area contributed by atoms with E-state index in [1.54, 1.807) is 11.1 Å². The smallest absolute Gasteiger partial charge is 0.253 e. The zero-order valence-electron chi connectivity index (χ0n) is 14.2. The second kappa shape index (κ2) is 6.74. The van der Waals surface area contributed by atoms with Gasteiger partial charge >= 0.3 is 0 Å². The van der Waals surface area contributed by atoms with Gasteiger partial charge in [-0.25, -0.2) is 9.97 Å². The Bertz CT molecular complexity index is 877. The summed E-state index contributed by atoms with van der Waals surface area (Å²) in [4.78, 5) is 27.6. The van der Waals surface area contributed by atoms with Gasteiger partial charge in [-0.05, 0) is 44.2 Å². The summed E-state index contributed by atoms with van der Waals surface area (Å²) in [5.41, 5.74) is 4.97. The van der Waals surface area contributed by atoms with Crippen LogP contribution in [0.1, 0.15) is 27.4 Å². The lowest BCUT2D eigenvalue weighted by atomic mass is 10.1. The SMILES string of the molecule is Cc1nc2ccc(C(=O)N(C)CCc3ccccn3)cc2nc1C. The molecule has 24 heavy (non-hydrogen) atoms. The van der Waals surface area contributed by atoms with Crippen LogP contribution >= 0.6 is 0 Å². The van der Waals surface area contributed by atoms with Crippen LogP contribution in [0.4, 0.5) is 0 Å². The minimum Gasteiger partial charge on any atom is -0.341 e. The van der Waals surface area contributed by atoms with Gasteiger partial charge in [-0.3, -0.25) is 9.78 Å². The van der Waals surface area contributed by atoms with Gasteiger partial charge in [0.15, 0.2) is 0 Å². The summed E-state index contributed by atoms with van der Waals surface area (Å²) in [6.07, 6.45) is 2.50. The predicted molar refractivity (Wildman–Crippen MR) is 93.9 cm³/mol. The molecular weight excluding hydrogens is 300 g/mol. The summed E-state index contributed by atoms with van der Waals surface area (Å²) in [6.45, 7) is 4.48. The number of benzene rings is 1. The van der Waals surface area contributed by atoms with Crippen molar-refractivity contribution in [2.75, 3.05) is 13.6 Å². The number of nitrogens with zero attached hydrogens (tertiary/aromatic N) is 4. The van der Waals surface area contributed by atoms with E-state index in [-0.39, 0.29) is 5.91 Å². The Morgan fingerprint density at radius 1 is 1.04 bits per heavy atom. The van der Waals surface area contributed by atoms with Crippen molar-refractivity contribution in [2.45, 2.75) is 20.3 Å². The average molecular weight is 320 g/mol. The average Bonchev–Trinajstić information content (AvgIpc) is 2.60. The molecule has 5 nitrogen and oxygen atoms in total. The maximum absolute atomic E-state index is 12.6. The number of aromatic nitrogens is 3. The highest BCUT2D eigenvalue weighted by atomic mass is 16.2. The van der Waals surface area contributed by atoms with Crippen LogP contribution in [0, 0.1) is 13.8 Å². The zero-order valence-corrected chi connectivity index (χ0v) is 14.2. The first-order chi connectivity index (χ1) is 11.5. The molecule has 3 rings (SSSR count). The summed E-state index contributed by atoms with van der Waals surface area (Å²) in [6, 6.07) is 11.3. The molecule has 0 aliphatic carbocycles. The van der Waals surface area contributed by atoms with Gasteiger partial charge in [0.2, 0.25) is 0 Å². The van der Waals surface area contributed by atoms with E-state index in [4.69, 9.17) is 0 Å². The molecule has 0 unspecified atom stereocenters. The zero-order chi connectivity index (χ0) is 17.1. The fourth-order valence-electron chi connectivity index (χ4n) is 2.51. The van der Waals surface area contributed by atoms with Crippen molar-refractivity contribution in [1.82, 2.24) is 19.9 Å². The highest BCUT2D eigenvalue weighted by molar-refractivity contribution is 5.97. The maximum atomic E-state index is 12.6. The fourth-order valence-corrected chi connectivity index (χ4v) is 2.51. The third-order valence-corrected chi connectivity index (χ3v) is 4.10. The first-order valence-corrected chi connectivity index (χ1v) is 7.95. The molecule has 0 atom stereocenters. The molecule has 2 aromatic heterocycles. The Hall–Kier alpha value is -2.82. The van der Waals surface area contributed by atoms with Crippen LogP contribution in [-0.2, 0) is 6.42 Å². The Morgan fingerprint density at radius 3 is 2.50 bits per heavy atom. The first-order valence-electron chi connectivity index (χ1n) is 7.95. The number of aryl methyl sites for hydroxylation is 2. The molecule has 0 fully saturated rings. The normalized spacial score (nSPS) is 10.8. The van der Waals surface area contributed by atoms with E-state index >= 15 is 0 Å². The Kier molecular flexibility index (Phi) is 4.51. The standard InChI is InChI=1S/C19H20N4O/c1-13-14(2)22-18-12-15(7-8-17(18)21-13)19(24)23(3)11-9-16-6-4-5-10-20-16/h4-8,10,12H,9,11H2,1-3H3. The van der Waals surface area contributed by atoms with Gasteiger partial charge in [0.05, 0.1) is 22.4 Å². The van der Waals surface area contributed by atoms with Gasteiger partial charge < -0.3 is 4.90 Å². The lowest BCUT2D eigenvalue weighted by Gasteiger charge is -2.17. The van der Waals surface area contributed by atoms with Crippen LogP contribution in [0.25, 0.3) is 11.0 Å². The number of hydrogen-bond donors (Lipinski definition) is 0. The molecule has 0 spiro atoms.